The Hall–Kier alpha value is -1.90. The minimum Gasteiger partial charge on any atom is -0.497 e. The van der Waals surface area contributed by atoms with Crippen molar-refractivity contribution >= 4 is 0 Å². The summed E-state index contributed by atoms with van der Waals surface area (Å²) >= 11 is 0. The fourth-order valence-corrected chi connectivity index (χ4v) is 2.58. The van der Waals surface area contributed by atoms with E-state index >= 15 is 0 Å². The highest BCUT2D eigenvalue weighted by atomic mass is 16.5. The molecule has 0 unspecified atom stereocenters. The fourth-order valence-electron chi connectivity index (χ4n) is 2.58. The Kier molecular flexibility index (Phi) is 5.32. The van der Waals surface area contributed by atoms with Gasteiger partial charge < -0.3 is 14.4 Å². The van der Waals surface area contributed by atoms with Crippen LogP contribution in [0.25, 0.3) is 0 Å². The molecule has 1 heterocycles. The predicted molar refractivity (Wildman–Crippen MR) is 86.1 cm³/mol. The molecule has 0 saturated carbocycles. The quantitative estimate of drug-likeness (QED) is 0.831. The van der Waals surface area contributed by atoms with Gasteiger partial charge in [-0.2, -0.15) is 0 Å². The molecule has 1 fully saturated rings. The van der Waals surface area contributed by atoms with Crippen LogP contribution in [0.2, 0.25) is 0 Å². The molecule has 0 aromatic heterocycles. The zero-order chi connectivity index (χ0) is 15.2. The molecule has 1 aromatic carbocycles. The number of allylic oxidation sites excluding steroid dienone is 2. The summed E-state index contributed by atoms with van der Waals surface area (Å²) in [5.74, 6) is 1.91. The van der Waals surface area contributed by atoms with E-state index in [-0.39, 0.29) is 0 Å². The number of benzene rings is 1. The van der Waals surface area contributed by atoms with Crippen LogP contribution >= 0.6 is 0 Å². The largest absolute Gasteiger partial charge is 0.497 e. The minimum absolute atomic E-state index is 0.746. The van der Waals surface area contributed by atoms with Crippen LogP contribution < -0.4 is 4.74 Å². The van der Waals surface area contributed by atoms with E-state index in [4.69, 9.17) is 9.47 Å². The van der Waals surface area contributed by atoms with Gasteiger partial charge in [-0.3, -0.25) is 0 Å². The molecule has 3 nitrogen and oxygen atoms in total. The van der Waals surface area contributed by atoms with E-state index in [2.05, 4.69) is 37.0 Å². The zero-order valence-corrected chi connectivity index (χ0v) is 13.5. The van der Waals surface area contributed by atoms with Crippen molar-refractivity contribution in [1.82, 2.24) is 4.90 Å². The topological polar surface area (TPSA) is 21.7 Å². The monoisotopic (exact) mass is 287 g/mol. The van der Waals surface area contributed by atoms with Gasteiger partial charge in [0.15, 0.2) is 0 Å². The Bertz CT molecular complexity index is 529. The lowest BCUT2D eigenvalue weighted by Crippen LogP contribution is -2.33. The number of hydrogen-bond acceptors (Lipinski definition) is 3. The Balaban J connectivity index is 2.23. The molecule has 0 radical (unpaired) electrons. The summed E-state index contributed by atoms with van der Waals surface area (Å²) in [7, 11) is 1.70. The van der Waals surface area contributed by atoms with Gasteiger partial charge in [0.2, 0.25) is 0 Å². The summed E-state index contributed by atoms with van der Waals surface area (Å²) < 4.78 is 11.0. The van der Waals surface area contributed by atoms with Crippen molar-refractivity contribution in [2.45, 2.75) is 33.7 Å². The van der Waals surface area contributed by atoms with E-state index in [9.17, 15) is 0 Å². The zero-order valence-electron chi connectivity index (χ0n) is 13.5. The molecule has 2 rings (SSSR count). The molecule has 1 aromatic rings. The molecular formula is C18H25NO2. The molecule has 0 spiro atoms. The number of hydrogen-bond donors (Lipinski definition) is 0. The van der Waals surface area contributed by atoms with Crippen molar-refractivity contribution in [2.24, 2.45) is 0 Å². The second-order valence-electron chi connectivity index (χ2n) is 5.25. The summed E-state index contributed by atoms with van der Waals surface area (Å²) in [6.07, 6.45) is 3.10. The van der Waals surface area contributed by atoms with Gasteiger partial charge in [-0.25, -0.2) is 0 Å². The highest BCUT2D eigenvalue weighted by Gasteiger charge is 2.22. The van der Waals surface area contributed by atoms with E-state index in [1.54, 1.807) is 7.11 Å². The SMILES string of the molecule is CC=C1OCCN(Cc2ccc(OC)cc2)C1=C(C)CC. The van der Waals surface area contributed by atoms with Crippen LogP contribution in [0.3, 0.4) is 0 Å². The second-order valence-corrected chi connectivity index (χ2v) is 5.25. The molecule has 1 aliphatic rings. The molecule has 0 aliphatic carbocycles. The van der Waals surface area contributed by atoms with Gasteiger partial charge >= 0.3 is 0 Å². The first kappa shape index (κ1) is 15.5. The molecule has 21 heavy (non-hydrogen) atoms. The average Bonchev–Trinajstić information content (AvgIpc) is 2.54. The van der Waals surface area contributed by atoms with Gasteiger partial charge in [-0.1, -0.05) is 19.1 Å². The maximum Gasteiger partial charge on any atom is 0.138 e. The van der Waals surface area contributed by atoms with Crippen LogP contribution in [-0.2, 0) is 11.3 Å². The van der Waals surface area contributed by atoms with Crippen molar-refractivity contribution in [2.75, 3.05) is 20.3 Å². The molecule has 114 valence electrons. The Morgan fingerprint density at radius 3 is 2.62 bits per heavy atom. The maximum atomic E-state index is 5.81. The van der Waals surface area contributed by atoms with Crippen LogP contribution in [0.15, 0.2) is 47.4 Å². The summed E-state index contributed by atoms with van der Waals surface area (Å²) in [4.78, 5) is 2.42. The molecule has 3 heteroatoms. The van der Waals surface area contributed by atoms with E-state index in [1.165, 1.54) is 16.8 Å². The van der Waals surface area contributed by atoms with Gasteiger partial charge in [0.25, 0.3) is 0 Å². The molecule has 0 N–H and O–H groups in total. The fraction of sp³-hybridized carbons (Fsp3) is 0.444. The van der Waals surface area contributed by atoms with Crippen LogP contribution in [0.4, 0.5) is 0 Å². The lowest BCUT2D eigenvalue weighted by Gasteiger charge is -2.35. The Morgan fingerprint density at radius 2 is 2.05 bits per heavy atom. The van der Waals surface area contributed by atoms with E-state index in [1.807, 2.05) is 19.1 Å². The van der Waals surface area contributed by atoms with Crippen LogP contribution in [0.5, 0.6) is 5.75 Å². The van der Waals surface area contributed by atoms with Gasteiger partial charge in [0.05, 0.1) is 19.4 Å². The molecule has 0 atom stereocenters. The smallest absolute Gasteiger partial charge is 0.138 e. The first-order chi connectivity index (χ1) is 10.2. The van der Waals surface area contributed by atoms with Crippen LogP contribution in [0.1, 0.15) is 32.8 Å². The van der Waals surface area contributed by atoms with E-state index in [0.717, 1.165) is 37.6 Å². The van der Waals surface area contributed by atoms with Crippen molar-refractivity contribution in [3.63, 3.8) is 0 Å². The van der Waals surface area contributed by atoms with E-state index in [0.29, 0.717) is 0 Å². The van der Waals surface area contributed by atoms with Crippen LogP contribution in [0, 0.1) is 0 Å². The predicted octanol–water partition coefficient (Wildman–Crippen LogP) is 4.12. The average molecular weight is 287 g/mol. The van der Waals surface area contributed by atoms with Gasteiger partial charge in [0.1, 0.15) is 18.1 Å². The maximum absolute atomic E-state index is 5.81. The number of nitrogens with zero attached hydrogens (tertiary/aromatic N) is 1. The number of morpholine rings is 1. The number of rotatable bonds is 4. The van der Waals surface area contributed by atoms with Crippen molar-refractivity contribution < 1.29 is 9.47 Å². The molecule has 0 amide bonds. The van der Waals surface area contributed by atoms with Crippen LogP contribution in [-0.4, -0.2) is 25.2 Å². The Morgan fingerprint density at radius 1 is 1.33 bits per heavy atom. The van der Waals surface area contributed by atoms with Gasteiger partial charge in [-0.05, 0) is 49.6 Å². The van der Waals surface area contributed by atoms with Crippen molar-refractivity contribution in [3.05, 3.63) is 52.9 Å². The van der Waals surface area contributed by atoms with Gasteiger partial charge in [-0.15, -0.1) is 0 Å². The Labute approximate surface area is 127 Å². The molecule has 1 saturated heterocycles. The standard InChI is InChI=1S/C18H25NO2/c1-5-14(3)18-17(6-2)21-12-11-19(18)13-15-7-9-16(20-4)10-8-15/h6-10H,5,11-13H2,1-4H3. The van der Waals surface area contributed by atoms with Crippen molar-refractivity contribution in [1.29, 1.82) is 0 Å². The third-order valence-corrected chi connectivity index (χ3v) is 3.90. The molecule has 1 aliphatic heterocycles. The first-order valence-corrected chi connectivity index (χ1v) is 7.56. The summed E-state index contributed by atoms with van der Waals surface area (Å²) in [5, 5.41) is 0. The first-order valence-electron chi connectivity index (χ1n) is 7.56. The number of methoxy groups -OCH3 is 1. The number of ether oxygens (including phenoxy) is 2. The molecule has 0 bridgehead atoms. The van der Waals surface area contributed by atoms with Crippen molar-refractivity contribution in [3.8, 4) is 5.75 Å². The van der Waals surface area contributed by atoms with E-state index < -0.39 is 0 Å². The summed E-state index contributed by atoms with van der Waals surface area (Å²) in [5.41, 5.74) is 3.91. The lowest BCUT2D eigenvalue weighted by atomic mass is 10.1. The third kappa shape index (κ3) is 3.60. The normalized spacial score (nSPS) is 19.4. The third-order valence-electron chi connectivity index (χ3n) is 3.90. The highest BCUT2D eigenvalue weighted by molar-refractivity contribution is 5.33. The summed E-state index contributed by atoms with van der Waals surface area (Å²) in [6.45, 7) is 8.99. The summed E-state index contributed by atoms with van der Waals surface area (Å²) in [6, 6.07) is 8.29. The minimum atomic E-state index is 0.746. The molecular weight excluding hydrogens is 262 g/mol. The lowest BCUT2D eigenvalue weighted by molar-refractivity contribution is 0.122. The van der Waals surface area contributed by atoms with Gasteiger partial charge in [0, 0.05) is 6.54 Å². The highest BCUT2D eigenvalue weighted by Crippen LogP contribution is 2.28. The second kappa shape index (κ2) is 7.21.